The van der Waals surface area contributed by atoms with Crippen LogP contribution in [-0.2, 0) is 11.2 Å². The third kappa shape index (κ3) is 4.90. The maximum absolute atomic E-state index is 10.5. The molecular formula is C25H32O10. The van der Waals surface area contributed by atoms with Crippen LogP contribution in [0.25, 0.3) is 0 Å². The maximum atomic E-state index is 10.5. The molecule has 1 saturated heterocycles. The Morgan fingerprint density at radius 3 is 2.43 bits per heavy atom. The van der Waals surface area contributed by atoms with Gasteiger partial charge in [0.05, 0.1) is 25.7 Å². The lowest BCUT2D eigenvalue weighted by atomic mass is 9.90. The molecule has 0 saturated carbocycles. The molecule has 10 nitrogen and oxygen atoms in total. The van der Waals surface area contributed by atoms with Crippen molar-refractivity contribution in [2.75, 3.05) is 20.3 Å². The van der Waals surface area contributed by atoms with Crippen molar-refractivity contribution >= 4 is 0 Å². The van der Waals surface area contributed by atoms with E-state index in [1.165, 1.54) is 7.11 Å². The van der Waals surface area contributed by atoms with Gasteiger partial charge in [0.2, 0.25) is 6.29 Å². The highest BCUT2D eigenvalue weighted by atomic mass is 16.7. The molecule has 10 heteroatoms. The number of aliphatic hydroxyl groups is 5. The summed E-state index contributed by atoms with van der Waals surface area (Å²) in [5.74, 6) is 0.377. The molecule has 0 radical (unpaired) electrons. The summed E-state index contributed by atoms with van der Waals surface area (Å²) >= 11 is 0. The van der Waals surface area contributed by atoms with E-state index in [9.17, 15) is 25.5 Å². The van der Waals surface area contributed by atoms with Crippen LogP contribution in [0.4, 0.5) is 0 Å². The van der Waals surface area contributed by atoms with Crippen molar-refractivity contribution in [3.05, 3.63) is 47.0 Å². The van der Waals surface area contributed by atoms with Crippen molar-refractivity contribution in [3.8, 4) is 23.0 Å². The van der Waals surface area contributed by atoms with Crippen molar-refractivity contribution in [2.45, 2.75) is 62.5 Å². The number of phenolic OH excluding ortho intramolecular Hbond substituents is 1. The molecule has 192 valence electrons. The van der Waals surface area contributed by atoms with Gasteiger partial charge >= 0.3 is 0 Å². The van der Waals surface area contributed by atoms with Crippen molar-refractivity contribution in [3.63, 3.8) is 0 Å². The lowest BCUT2D eigenvalue weighted by Gasteiger charge is -2.39. The van der Waals surface area contributed by atoms with Crippen molar-refractivity contribution in [2.24, 2.45) is 0 Å². The molecule has 1 fully saturated rings. The Morgan fingerprint density at radius 1 is 0.971 bits per heavy atom. The third-order valence-electron chi connectivity index (χ3n) is 6.56. The summed E-state index contributed by atoms with van der Waals surface area (Å²) in [5.41, 5.74) is 2.19. The van der Waals surface area contributed by atoms with Gasteiger partial charge in [0.25, 0.3) is 0 Å². The van der Waals surface area contributed by atoms with Gasteiger partial charge < -0.3 is 49.6 Å². The predicted molar refractivity (Wildman–Crippen MR) is 123 cm³/mol. The zero-order chi connectivity index (χ0) is 25.3. The first-order chi connectivity index (χ1) is 16.8. The monoisotopic (exact) mass is 492 g/mol. The quantitative estimate of drug-likeness (QED) is 0.310. The van der Waals surface area contributed by atoms with Crippen LogP contribution < -0.4 is 14.2 Å². The molecular weight excluding hydrogens is 460 g/mol. The van der Waals surface area contributed by atoms with E-state index in [0.717, 1.165) is 5.56 Å². The molecule has 7 atom stereocenters. The first-order valence-electron chi connectivity index (χ1n) is 11.6. The summed E-state index contributed by atoms with van der Waals surface area (Å²) in [6.07, 6.45) is -5.60. The molecule has 0 aromatic heterocycles. The van der Waals surface area contributed by atoms with Crippen LogP contribution in [0.3, 0.4) is 0 Å². The average Bonchev–Trinajstić information content (AvgIpc) is 3.24. The Hall–Kier alpha value is -2.60. The summed E-state index contributed by atoms with van der Waals surface area (Å²) in [6, 6.07) is 8.46. The fourth-order valence-electron chi connectivity index (χ4n) is 4.59. The molecule has 0 spiro atoms. The van der Waals surface area contributed by atoms with Gasteiger partial charge in [-0.3, -0.25) is 0 Å². The molecule has 2 aliphatic rings. The van der Waals surface area contributed by atoms with E-state index in [2.05, 4.69) is 0 Å². The van der Waals surface area contributed by atoms with Crippen molar-refractivity contribution in [1.82, 2.24) is 0 Å². The summed E-state index contributed by atoms with van der Waals surface area (Å²) in [5, 5.41) is 60.0. The summed E-state index contributed by atoms with van der Waals surface area (Å²) in [6.45, 7) is 1.38. The fraction of sp³-hybridized carbons (Fsp3) is 0.520. The molecule has 2 aromatic rings. The largest absolute Gasteiger partial charge is 0.504 e. The number of hydrogen-bond acceptors (Lipinski definition) is 10. The average molecular weight is 493 g/mol. The molecule has 0 aliphatic carbocycles. The van der Waals surface area contributed by atoms with E-state index in [1.807, 2.05) is 6.07 Å². The van der Waals surface area contributed by atoms with Crippen LogP contribution >= 0.6 is 0 Å². The molecule has 0 unspecified atom stereocenters. The number of hydrogen-bond donors (Lipinski definition) is 6. The lowest BCUT2D eigenvalue weighted by Crippen LogP contribution is -2.58. The third-order valence-corrected chi connectivity index (χ3v) is 6.56. The van der Waals surface area contributed by atoms with E-state index in [1.54, 1.807) is 31.2 Å². The predicted octanol–water partition coefficient (Wildman–Crippen LogP) is 0.742. The molecule has 2 aromatic carbocycles. The number of aryl methyl sites for hydroxylation is 1. The van der Waals surface area contributed by atoms with Gasteiger partial charge in [-0.25, -0.2) is 0 Å². The summed E-state index contributed by atoms with van der Waals surface area (Å²) in [4.78, 5) is 0. The number of benzene rings is 2. The van der Waals surface area contributed by atoms with E-state index in [-0.39, 0.29) is 24.7 Å². The van der Waals surface area contributed by atoms with E-state index in [0.29, 0.717) is 35.5 Å². The van der Waals surface area contributed by atoms with Crippen LogP contribution in [0, 0.1) is 0 Å². The normalized spacial score (nSPS) is 30.0. The first kappa shape index (κ1) is 25.5. The summed E-state index contributed by atoms with van der Waals surface area (Å²) < 4.78 is 22.8. The standard InChI is InChI=1S/C25H32O10/c1-12-20(29)21(30)22(31)25(33-12)34-18-6-5-14(10-19(18)32-2)23-16(11-27)15-8-13(4-3-7-26)9-17(28)24(15)35-23/h5-6,8-10,12,16,20-23,25-31H,3-4,7,11H2,1-2H3/t12-,16+,20-,21+,22+,23-,25-/m0/s1. The maximum Gasteiger partial charge on any atom is 0.229 e. The highest BCUT2D eigenvalue weighted by Gasteiger charge is 2.43. The van der Waals surface area contributed by atoms with Gasteiger partial charge in [0.15, 0.2) is 23.0 Å². The Kier molecular flexibility index (Phi) is 7.70. The van der Waals surface area contributed by atoms with Crippen molar-refractivity contribution < 1.29 is 49.6 Å². The molecule has 6 N–H and O–H groups in total. The molecule has 0 amide bonds. The number of aromatic hydroxyl groups is 1. The Morgan fingerprint density at radius 2 is 1.74 bits per heavy atom. The molecule has 35 heavy (non-hydrogen) atoms. The van der Waals surface area contributed by atoms with Crippen LogP contribution in [0.2, 0.25) is 0 Å². The number of rotatable bonds is 8. The van der Waals surface area contributed by atoms with Gasteiger partial charge in [-0.05, 0) is 49.1 Å². The minimum absolute atomic E-state index is 0.0263. The Bertz CT molecular complexity index is 1030. The SMILES string of the molecule is COc1cc([C@@H]2Oc3c(O)cc(CCCO)cc3[C@H]2CO)ccc1O[C@@H]1O[C@@H](C)[C@H](O)[C@@H](O)[C@H]1O. The Labute approximate surface area is 202 Å². The second-order valence-corrected chi connectivity index (χ2v) is 8.90. The smallest absolute Gasteiger partial charge is 0.229 e. The van der Waals surface area contributed by atoms with Crippen LogP contribution in [0.5, 0.6) is 23.0 Å². The Balaban J connectivity index is 1.58. The number of ether oxygens (including phenoxy) is 4. The van der Waals surface area contributed by atoms with Gasteiger partial charge in [0, 0.05) is 12.2 Å². The van der Waals surface area contributed by atoms with Gasteiger partial charge in [-0.1, -0.05) is 12.1 Å². The molecule has 2 heterocycles. The summed E-state index contributed by atoms with van der Waals surface area (Å²) in [7, 11) is 1.44. The topological polar surface area (TPSA) is 158 Å². The second-order valence-electron chi connectivity index (χ2n) is 8.90. The molecule has 2 aliphatic heterocycles. The van der Waals surface area contributed by atoms with E-state index >= 15 is 0 Å². The number of methoxy groups -OCH3 is 1. The van der Waals surface area contributed by atoms with Crippen LogP contribution in [0.15, 0.2) is 30.3 Å². The molecule has 4 rings (SSSR count). The number of phenols is 1. The lowest BCUT2D eigenvalue weighted by molar-refractivity contribution is -0.268. The van der Waals surface area contributed by atoms with E-state index < -0.39 is 42.7 Å². The minimum atomic E-state index is -1.47. The fourth-order valence-corrected chi connectivity index (χ4v) is 4.59. The van der Waals surface area contributed by atoms with E-state index in [4.69, 9.17) is 24.1 Å². The van der Waals surface area contributed by atoms with Crippen molar-refractivity contribution in [1.29, 1.82) is 0 Å². The molecule has 0 bridgehead atoms. The minimum Gasteiger partial charge on any atom is -0.504 e. The number of aliphatic hydroxyl groups excluding tert-OH is 5. The van der Waals surface area contributed by atoms with Crippen LogP contribution in [-0.4, -0.2) is 81.7 Å². The van der Waals surface area contributed by atoms with Gasteiger partial charge in [-0.2, -0.15) is 0 Å². The van der Waals surface area contributed by atoms with Gasteiger partial charge in [-0.15, -0.1) is 0 Å². The number of fused-ring (bicyclic) bond motifs is 1. The zero-order valence-corrected chi connectivity index (χ0v) is 19.6. The first-order valence-corrected chi connectivity index (χ1v) is 11.6. The zero-order valence-electron chi connectivity index (χ0n) is 19.6. The van der Waals surface area contributed by atoms with Crippen LogP contribution in [0.1, 0.15) is 42.1 Å². The highest BCUT2D eigenvalue weighted by Crippen LogP contribution is 2.51. The van der Waals surface area contributed by atoms with Gasteiger partial charge in [0.1, 0.15) is 24.4 Å². The second kappa shape index (κ2) is 10.6. The highest BCUT2D eigenvalue weighted by molar-refractivity contribution is 5.55.